The zero-order valence-corrected chi connectivity index (χ0v) is 9.76. The number of nitrogens with one attached hydrogen (secondary N) is 2. The van der Waals surface area contributed by atoms with Gasteiger partial charge in [0.25, 0.3) is 0 Å². The number of H-pyrrole nitrogens is 1. The third kappa shape index (κ3) is 1.15. The second-order valence-electron chi connectivity index (χ2n) is 4.79. The SMILES string of the molecule is Cc1coc2ccc3[nH]c4c(c3c12)CNCC4. The lowest BCUT2D eigenvalue weighted by atomic mass is 10.0. The van der Waals surface area contributed by atoms with Crippen LogP contribution in [0.2, 0.25) is 0 Å². The molecule has 0 spiro atoms. The Morgan fingerprint density at radius 2 is 2.18 bits per heavy atom. The van der Waals surface area contributed by atoms with Crippen LogP contribution in [0.1, 0.15) is 16.8 Å². The predicted octanol–water partition coefficient (Wildman–Crippen LogP) is 2.87. The Morgan fingerprint density at radius 1 is 1.24 bits per heavy atom. The van der Waals surface area contributed by atoms with E-state index in [2.05, 4.69) is 29.4 Å². The fourth-order valence-corrected chi connectivity index (χ4v) is 2.93. The highest BCUT2D eigenvalue weighted by molar-refractivity contribution is 6.08. The van der Waals surface area contributed by atoms with Crippen LogP contribution in [-0.4, -0.2) is 11.5 Å². The van der Waals surface area contributed by atoms with Gasteiger partial charge in [0.15, 0.2) is 0 Å². The van der Waals surface area contributed by atoms with Crippen LogP contribution in [0, 0.1) is 6.92 Å². The molecule has 3 heteroatoms. The van der Waals surface area contributed by atoms with E-state index >= 15 is 0 Å². The first-order valence-electron chi connectivity index (χ1n) is 6.05. The highest BCUT2D eigenvalue weighted by Gasteiger charge is 2.18. The number of aromatic nitrogens is 1. The van der Waals surface area contributed by atoms with Crippen molar-refractivity contribution in [3.63, 3.8) is 0 Å². The van der Waals surface area contributed by atoms with Crippen LogP contribution >= 0.6 is 0 Å². The van der Waals surface area contributed by atoms with Gasteiger partial charge in [-0.05, 0) is 30.2 Å². The van der Waals surface area contributed by atoms with E-state index in [1.165, 1.54) is 33.1 Å². The van der Waals surface area contributed by atoms with Gasteiger partial charge in [-0.3, -0.25) is 0 Å². The number of benzene rings is 1. The van der Waals surface area contributed by atoms with E-state index in [-0.39, 0.29) is 0 Å². The third-order valence-corrected chi connectivity index (χ3v) is 3.73. The van der Waals surface area contributed by atoms with Gasteiger partial charge in [-0.1, -0.05) is 0 Å². The van der Waals surface area contributed by atoms with E-state index in [4.69, 9.17) is 4.42 Å². The molecule has 2 aromatic heterocycles. The standard InChI is InChI=1S/C14H14N2O/c1-8-7-17-12-3-2-11-14(13(8)12)9-6-15-5-4-10(9)16-11/h2-3,7,15-16H,4-6H2,1H3. The van der Waals surface area contributed by atoms with E-state index < -0.39 is 0 Å². The maximum atomic E-state index is 5.58. The topological polar surface area (TPSA) is 41.0 Å². The minimum absolute atomic E-state index is 0.957. The molecule has 1 aromatic carbocycles. The number of fused-ring (bicyclic) bond motifs is 5. The molecule has 0 saturated heterocycles. The third-order valence-electron chi connectivity index (χ3n) is 3.73. The van der Waals surface area contributed by atoms with Gasteiger partial charge >= 0.3 is 0 Å². The van der Waals surface area contributed by atoms with Crippen molar-refractivity contribution in [1.82, 2.24) is 10.3 Å². The molecule has 3 nitrogen and oxygen atoms in total. The summed E-state index contributed by atoms with van der Waals surface area (Å²) in [5, 5.41) is 6.06. The molecule has 0 saturated carbocycles. The van der Waals surface area contributed by atoms with E-state index in [0.29, 0.717) is 0 Å². The second kappa shape index (κ2) is 3.14. The first-order chi connectivity index (χ1) is 8.34. The van der Waals surface area contributed by atoms with Gasteiger partial charge in [0.2, 0.25) is 0 Å². The Kier molecular flexibility index (Phi) is 1.72. The average molecular weight is 226 g/mol. The van der Waals surface area contributed by atoms with Gasteiger partial charge in [-0.25, -0.2) is 0 Å². The van der Waals surface area contributed by atoms with Crippen molar-refractivity contribution in [1.29, 1.82) is 0 Å². The molecule has 0 atom stereocenters. The molecule has 86 valence electrons. The average Bonchev–Trinajstić information content (AvgIpc) is 2.90. The number of rotatable bonds is 0. The van der Waals surface area contributed by atoms with Gasteiger partial charge in [0.1, 0.15) is 5.58 Å². The van der Waals surface area contributed by atoms with E-state index in [1.54, 1.807) is 0 Å². The smallest absolute Gasteiger partial charge is 0.134 e. The molecule has 2 N–H and O–H groups in total. The van der Waals surface area contributed by atoms with Crippen LogP contribution in [0.4, 0.5) is 0 Å². The van der Waals surface area contributed by atoms with Crippen molar-refractivity contribution in [3.05, 3.63) is 35.2 Å². The summed E-state index contributed by atoms with van der Waals surface area (Å²) in [6.07, 6.45) is 2.93. The molecule has 0 radical (unpaired) electrons. The monoisotopic (exact) mass is 226 g/mol. The predicted molar refractivity (Wildman–Crippen MR) is 68.2 cm³/mol. The summed E-state index contributed by atoms with van der Waals surface area (Å²) >= 11 is 0. The van der Waals surface area contributed by atoms with E-state index in [9.17, 15) is 0 Å². The fourth-order valence-electron chi connectivity index (χ4n) is 2.93. The van der Waals surface area contributed by atoms with Gasteiger partial charge < -0.3 is 14.7 Å². The van der Waals surface area contributed by atoms with Gasteiger partial charge in [-0.2, -0.15) is 0 Å². The Morgan fingerprint density at radius 3 is 3.12 bits per heavy atom. The van der Waals surface area contributed by atoms with Crippen LogP contribution < -0.4 is 5.32 Å². The molecule has 0 fully saturated rings. The normalized spacial score (nSPS) is 15.6. The highest BCUT2D eigenvalue weighted by Crippen LogP contribution is 2.34. The van der Waals surface area contributed by atoms with Crippen molar-refractivity contribution in [2.24, 2.45) is 0 Å². The molecule has 0 aliphatic carbocycles. The molecule has 0 unspecified atom stereocenters. The Bertz CT molecular complexity index is 721. The van der Waals surface area contributed by atoms with Gasteiger partial charge in [0.05, 0.1) is 6.26 Å². The summed E-state index contributed by atoms with van der Waals surface area (Å²) in [6.45, 7) is 4.13. The van der Waals surface area contributed by atoms with Crippen molar-refractivity contribution in [2.45, 2.75) is 19.9 Å². The molecule has 4 rings (SSSR count). The van der Waals surface area contributed by atoms with Crippen LogP contribution in [0.25, 0.3) is 21.9 Å². The summed E-state index contributed by atoms with van der Waals surface area (Å²) in [4.78, 5) is 3.54. The zero-order valence-electron chi connectivity index (χ0n) is 9.76. The lowest BCUT2D eigenvalue weighted by Crippen LogP contribution is -2.22. The number of hydrogen-bond donors (Lipinski definition) is 2. The molecule has 1 aliphatic heterocycles. The first-order valence-corrected chi connectivity index (χ1v) is 6.05. The molecule has 1 aliphatic rings. The maximum Gasteiger partial charge on any atom is 0.134 e. The second-order valence-corrected chi connectivity index (χ2v) is 4.79. The van der Waals surface area contributed by atoms with Crippen molar-refractivity contribution >= 4 is 21.9 Å². The highest BCUT2D eigenvalue weighted by atomic mass is 16.3. The lowest BCUT2D eigenvalue weighted by molar-refractivity contribution is 0.613. The molecular weight excluding hydrogens is 212 g/mol. The van der Waals surface area contributed by atoms with Crippen LogP contribution in [0.5, 0.6) is 0 Å². The van der Waals surface area contributed by atoms with Gasteiger partial charge in [0, 0.05) is 41.5 Å². The summed E-state index contributed by atoms with van der Waals surface area (Å²) < 4.78 is 5.58. The van der Waals surface area contributed by atoms with Gasteiger partial charge in [-0.15, -0.1) is 0 Å². The molecule has 0 bridgehead atoms. The molecule has 0 amide bonds. The number of hydrogen-bond acceptors (Lipinski definition) is 2. The number of aromatic amines is 1. The molecule has 3 heterocycles. The molecule has 17 heavy (non-hydrogen) atoms. The summed E-state index contributed by atoms with van der Waals surface area (Å²) in [5.74, 6) is 0. The zero-order chi connectivity index (χ0) is 11.4. The fraction of sp³-hybridized carbons (Fsp3) is 0.286. The summed E-state index contributed by atoms with van der Waals surface area (Å²) in [7, 11) is 0. The molecular formula is C14H14N2O. The Balaban J connectivity index is 2.23. The minimum atomic E-state index is 0.957. The van der Waals surface area contributed by atoms with Crippen LogP contribution in [0.15, 0.2) is 22.8 Å². The summed E-state index contributed by atoms with van der Waals surface area (Å²) in [5.41, 5.74) is 6.24. The molecule has 3 aromatic rings. The summed E-state index contributed by atoms with van der Waals surface area (Å²) in [6, 6.07) is 4.18. The Hall–Kier alpha value is -1.74. The lowest BCUT2D eigenvalue weighted by Gasteiger charge is -2.12. The van der Waals surface area contributed by atoms with Crippen molar-refractivity contribution in [2.75, 3.05) is 6.54 Å². The van der Waals surface area contributed by atoms with Crippen LogP contribution in [0.3, 0.4) is 0 Å². The van der Waals surface area contributed by atoms with E-state index in [1.807, 2.05) is 6.26 Å². The maximum absolute atomic E-state index is 5.58. The number of aryl methyl sites for hydroxylation is 1. The Labute approximate surface area is 98.8 Å². The van der Waals surface area contributed by atoms with Crippen LogP contribution in [-0.2, 0) is 13.0 Å². The quantitative estimate of drug-likeness (QED) is 0.619. The number of furan rings is 1. The largest absolute Gasteiger partial charge is 0.464 e. The van der Waals surface area contributed by atoms with Crippen molar-refractivity contribution in [3.8, 4) is 0 Å². The minimum Gasteiger partial charge on any atom is -0.464 e. The first kappa shape index (κ1) is 9.31. The van der Waals surface area contributed by atoms with E-state index in [0.717, 1.165) is 25.1 Å². The van der Waals surface area contributed by atoms with Crippen molar-refractivity contribution < 1.29 is 4.42 Å².